The maximum absolute atomic E-state index is 4.30. The van der Waals surface area contributed by atoms with Crippen LogP contribution in [0.25, 0.3) is 24.3 Å². The molecule has 3 rings (SSSR count). The van der Waals surface area contributed by atoms with Crippen molar-refractivity contribution in [3.8, 4) is 0 Å². The Morgan fingerprint density at radius 2 is 0.583 bits per heavy atom. The zero-order valence-corrected chi connectivity index (χ0v) is 14.9. The molecule has 0 saturated carbocycles. The fourth-order valence-electron chi connectivity index (χ4n) is 2.27. The van der Waals surface area contributed by atoms with E-state index >= 15 is 0 Å². The minimum atomic E-state index is 0.979. The van der Waals surface area contributed by atoms with Gasteiger partial charge in [0.1, 0.15) is 0 Å². The van der Waals surface area contributed by atoms with Gasteiger partial charge in [-0.25, -0.2) is 0 Å². The summed E-state index contributed by atoms with van der Waals surface area (Å²) >= 11 is 8.60. The minimum absolute atomic E-state index is 0.979. The number of benzene rings is 3. The number of hydrogen-bond acceptors (Lipinski definition) is 2. The molecule has 3 aromatic rings. The summed E-state index contributed by atoms with van der Waals surface area (Å²) in [6, 6.07) is 24.7. The summed E-state index contributed by atoms with van der Waals surface area (Å²) in [4.78, 5) is 1.96. The van der Waals surface area contributed by atoms with E-state index in [1.165, 1.54) is 22.3 Å². The van der Waals surface area contributed by atoms with Gasteiger partial charge < -0.3 is 0 Å². The lowest BCUT2D eigenvalue weighted by molar-refractivity contribution is 1.46. The fourth-order valence-corrected chi connectivity index (χ4v) is 2.57. The second-order valence-corrected chi connectivity index (χ2v) is 6.55. The van der Waals surface area contributed by atoms with E-state index in [9.17, 15) is 0 Å². The predicted molar refractivity (Wildman–Crippen MR) is 112 cm³/mol. The maximum atomic E-state index is 4.30. The lowest BCUT2D eigenvalue weighted by atomic mass is 10.1. The van der Waals surface area contributed by atoms with Gasteiger partial charge in [0, 0.05) is 9.79 Å². The van der Waals surface area contributed by atoms with E-state index in [4.69, 9.17) is 0 Å². The quantitative estimate of drug-likeness (QED) is 0.386. The third-order valence-electron chi connectivity index (χ3n) is 3.66. The van der Waals surface area contributed by atoms with Gasteiger partial charge in [0.2, 0.25) is 0 Å². The molecule has 0 atom stereocenters. The Balaban J connectivity index is 1.66. The topological polar surface area (TPSA) is 0 Å². The molecule has 0 amide bonds. The third-order valence-corrected chi connectivity index (χ3v) is 4.26. The molecule has 3 aromatic carbocycles. The normalized spacial score (nSPS) is 11.4. The van der Waals surface area contributed by atoms with E-state index in [2.05, 4.69) is 98.1 Å². The summed E-state index contributed by atoms with van der Waals surface area (Å²) in [6.07, 6.45) is 8.45. The van der Waals surface area contributed by atoms with Crippen molar-refractivity contribution in [2.24, 2.45) is 0 Å². The second kappa shape index (κ2) is 8.09. The van der Waals surface area contributed by atoms with Gasteiger partial charge in [0.05, 0.1) is 0 Å². The first-order chi connectivity index (χ1) is 11.7. The highest BCUT2D eigenvalue weighted by molar-refractivity contribution is 7.80. The smallest absolute Gasteiger partial charge is 0.00403 e. The van der Waals surface area contributed by atoms with Gasteiger partial charge in [-0.2, -0.15) is 0 Å². The molecular formula is C22H18S2. The van der Waals surface area contributed by atoms with Crippen molar-refractivity contribution in [3.63, 3.8) is 0 Å². The second-order valence-electron chi connectivity index (χ2n) is 5.52. The molecule has 0 aliphatic heterocycles. The molecule has 0 heterocycles. The standard InChI is InChI=1S/C22H18S2/c23-21-13-9-19(10-14-21)7-5-17-1-2-18(4-3-17)6-8-20-11-15-22(24)16-12-20/h1-16,23-24H. The van der Waals surface area contributed by atoms with Crippen LogP contribution >= 0.6 is 25.3 Å². The zero-order chi connectivity index (χ0) is 16.8. The Morgan fingerprint density at radius 3 is 0.833 bits per heavy atom. The summed E-state index contributed by atoms with van der Waals surface area (Å²) in [7, 11) is 0. The number of thiol groups is 2. The van der Waals surface area contributed by atoms with Crippen LogP contribution in [-0.2, 0) is 0 Å². The molecule has 0 unspecified atom stereocenters. The molecule has 0 aromatic heterocycles. The highest BCUT2D eigenvalue weighted by Crippen LogP contribution is 2.14. The van der Waals surface area contributed by atoms with Gasteiger partial charge in [0.15, 0.2) is 0 Å². The molecule has 2 heteroatoms. The van der Waals surface area contributed by atoms with Crippen molar-refractivity contribution in [2.75, 3.05) is 0 Å². The largest absolute Gasteiger partial charge is 0.143 e. The number of rotatable bonds is 4. The van der Waals surface area contributed by atoms with Crippen LogP contribution < -0.4 is 0 Å². The Kier molecular flexibility index (Phi) is 5.63. The van der Waals surface area contributed by atoms with Crippen LogP contribution in [0.2, 0.25) is 0 Å². The molecule has 0 radical (unpaired) electrons. The lowest BCUT2D eigenvalue weighted by Gasteiger charge is -1.98. The van der Waals surface area contributed by atoms with E-state index < -0.39 is 0 Å². The van der Waals surface area contributed by atoms with Crippen molar-refractivity contribution in [2.45, 2.75) is 9.79 Å². The third kappa shape index (κ3) is 4.92. The van der Waals surface area contributed by atoms with Crippen LogP contribution in [0, 0.1) is 0 Å². The van der Waals surface area contributed by atoms with Crippen LogP contribution in [0.3, 0.4) is 0 Å². The molecule has 118 valence electrons. The van der Waals surface area contributed by atoms with Crippen LogP contribution in [0.1, 0.15) is 22.3 Å². The van der Waals surface area contributed by atoms with Gasteiger partial charge in [-0.1, -0.05) is 72.8 Å². The van der Waals surface area contributed by atoms with E-state index in [0.717, 1.165) is 9.79 Å². The predicted octanol–water partition coefficient (Wildman–Crippen LogP) is 6.60. The molecule has 0 nitrogen and oxygen atoms in total. The van der Waals surface area contributed by atoms with Crippen LogP contribution in [0.5, 0.6) is 0 Å². The summed E-state index contributed by atoms with van der Waals surface area (Å²) in [5, 5.41) is 0. The van der Waals surface area contributed by atoms with Crippen molar-refractivity contribution >= 4 is 49.6 Å². The zero-order valence-electron chi connectivity index (χ0n) is 13.1. The molecule has 0 bridgehead atoms. The van der Waals surface area contributed by atoms with Crippen molar-refractivity contribution in [3.05, 3.63) is 95.1 Å². The molecular weight excluding hydrogens is 328 g/mol. The van der Waals surface area contributed by atoms with Crippen LogP contribution in [0.15, 0.2) is 82.6 Å². The molecule has 0 fully saturated rings. The van der Waals surface area contributed by atoms with Crippen molar-refractivity contribution in [1.29, 1.82) is 0 Å². The molecule has 0 spiro atoms. The first kappa shape index (κ1) is 16.7. The summed E-state index contributed by atoms with van der Waals surface area (Å²) < 4.78 is 0. The Hall–Kier alpha value is -2.16. The fraction of sp³-hybridized carbons (Fsp3) is 0. The van der Waals surface area contributed by atoms with Gasteiger partial charge in [-0.15, -0.1) is 25.3 Å². The van der Waals surface area contributed by atoms with Gasteiger partial charge in [0.25, 0.3) is 0 Å². The van der Waals surface area contributed by atoms with Gasteiger partial charge in [-0.05, 0) is 46.5 Å². The Bertz CT molecular complexity index is 765. The van der Waals surface area contributed by atoms with E-state index in [-0.39, 0.29) is 0 Å². The Morgan fingerprint density at radius 1 is 0.375 bits per heavy atom. The van der Waals surface area contributed by atoms with E-state index in [1.807, 2.05) is 24.3 Å². The summed E-state index contributed by atoms with van der Waals surface area (Å²) in [6.45, 7) is 0. The van der Waals surface area contributed by atoms with Crippen molar-refractivity contribution < 1.29 is 0 Å². The molecule has 24 heavy (non-hydrogen) atoms. The van der Waals surface area contributed by atoms with E-state index in [1.54, 1.807) is 0 Å². The number of hydrogen-bond donors (Lipinski definition) is 2. The van der Waals surface area contributed by atoms with Crippen molar-refractivity contribution in [1.82, 2.24) is 0 Å². The van der Waals surface area contributed by atoms with Gasteiger partial charge >= 0.3 is 0 Å². The molecule has 0 aliphatic carbocycles. The maximum Gasteiger partial charge on any atom is 0.00403 e. The van der Waals surface area contributed by atoms with Crippen LogP contribution in [0.4, 0.5) is 0 Å². The van der Waals surface area contributed by atoms with Gasteiger partial charge in [-0.3, -0.25) is 0 Å². The monoisotopic (exact) mass is 346 g/mol. The summed E-state index contributed by atoms with van der Waals surface area (Å²) in [5.74, 6) is 0. The minimum Gasteiger partial charge on any atom is -0.143 e. The van der Waals surface area contributed by atoms with Crippen LogP contribution in [-0.4, -0.2) is 0 Å². The van der Waals surface area contributed by atoms with E-state index in [0.29, 0.717) is 0 Å². The first-order valence-corrected chi connectivity index (χ1v) is 8.63. The molecule has 0 saturated heterocycles. The lowest BCUT2D eigenvalue weighted by Crippen LogP contribution is -1.76. The molecule has 0 N–H and O–H groups in total. The highest BCUT2D eigenvalue weighted by Gasteiger charge is 1.91. The SMILES string of the molecule is Sc1ccc(C=Cc2ccc(C=Cc3ccc(S)cc3)cc2)cc1. The highest BCUT2D eigenvalue weighted by atomic mass is 32.1. The molecule has 0 aliphatic rings. The first-order valence-electron chi connectivity index (χ1n) is 7.73. The average molecular weight is 347 g/mol. The Labute approximate surface area is 154 Å². The average Bonchev–Trinajstić information content (AvgIpc) is 2.62. The summed E-state index contributed by atoms with van der Waals surface area (Å²) in [5.41, 5.74) is 4.71.